The summed E-state index contributed by atoms with van der Waals surface area (Å²) in [5, 5.41) is 13.7. The molecule has 2 aromatic heterocycles. The summed E-state index contributed by atoms with van der Waals surface area (Å²) in [6.45, 7) is 0.291. The SMILES string of the molecule is N#Cc1cccc(-c2ccc(=O)n(Cc3cccc(-c4ncc(OC5CCCC5N)cn4)c3)n2)c1. The Hall–Kier alpha value is -4.35. The molecule has 2 heterocycles. The Morgan fingerprint density at radius 1 is 1.03 bits per heavy atom. The van der Waals surface area contributed by atoms with Crippen molar-refractivity contribution in [2.24, 2.45) is 5.73 Å². The van der Waals surface area contributed by atoms with Crippen molar-refractivity contribution >= 4 is 0 Å². The van der Waals surface area contributed by atoms with Crippen molar-refractivity contribution in [1.82, 2.24) is 19.7 Å². The van der Waals surface area contributed by atoms with Crippen LogP contribution in [0.15, 0.2) is 77.9 Å². The normalized spacial score (nSPS) is 17.1. The van der Waals surface area contributed by atoms with Crippen LogP contribution in [0.2, 0.25) is 0 Å². The van der Waals surface area contributed by atoms with Gasteiger partial charge < -0.3 is 10.5 Å². The number of nitriles is 1. The van der Waals surface area contributed by atoms with Gasteiger partial charge in [-0.25, -0.2) is 14.6 Å². The maximum atomic E-state index is 12.5. The van der Waals surface area contributed by atoms with E-state index in [4.69, 9.17) is 15.7 Å². The second-order valence-corrected chi connectivity index (χ2v) is 8.60. The zero-order valence-electron chi connectivity index (χ0n) is 19.0. The molecule has 0 amide bonds. The van der Waals surface area contributed by atoms with Crippen molar-refractivity contribution in [3.05, 3.63) is 94.5 Å². The summed E-state index contributed by atoms with van der Waals surface area (Å²) in [7, 11) is 0. The summed E-state index contributed by atoms with van der Waals surface area (Å²) >= 11 is 0. The van der Waals surface area contributed by atoms with Crippen molar-refractivity contribution in [3.63, 3.8) is 0 Å². The van der Waals surface area contributed by atoms with Crippen LogP contribution in [0.3, 0.4) is 0 Å². The van der Waals surface area contributed by atoms with E-state index in [1.165, 1.54) is 10.7 Å². The van der Waals surface area contributed by atoms with E-state index in [2.05, 4.69) is 21.1 Å². The Bertz CT molecular complexity index is 1440. The fraction of sp³-hybridized carbons (Fsp3) is 0.222. The predicted octanol–water partition coefficient (Wildman–Crippen LogP) is 3.55. The van der Waals surface area contributed by atoms with Gasteiger partial charge in [0.2, 0.25) is 0 Å². The summed E-state index contributed by atoms with van der Waals surface area (Å²) in [6, 6.07) is 20.2. The van der Waals surface area contributed by atoms with E-state index in [0.29, 0.717) is 29.4 Å². The van der Waals surface area contributed by atoms with Gasteiger partial charge in [0.15, 0.2) is 11.6 Å². The minimum Gasteiger partial charge on any atom is -0.486 e. The zero-order valence-corrected chi connectivity index (χ0v) is 19.0. The molecule has 0 spiro atoms. The average Bonchev–Trinajstić information content (AvgIpc) is 3.30. The lowest BCUT2D eigenvalue weighted by Gasteiger charge is -2.17. The Balaban J connectivity index is 1.35. The summed E-state index contributed by atoms with van der Waals surface area (Å²) in [6.07, 6.45) is 6.35. The molecule has 0 bridgehead atoms. The van der Waals surface area contributed by atoms with Crippen molar-refractivity contribution in [2.45, 2.75) is 38.0 Å². The molecule has 35 heavy (non-hydrogen) atoms. The van der Waals surface area contributed by atoms with Gasteiger partial charge in [-0.15, -0.1) is 0 Å². The van der Waals surface area contributed by atoms with Gasteiger partial charge in [0.25, 0.3) is 5.56 Å². The van der Waals surface area contributed by atoms with Crippen LogP contribution in [-0.4, -0.2) is 31.9 Å². The number of ether oxygens (including phenoxy) is 1. The molecule has 4 aromatic rings. The van der Waals surface area contributed by atoms with Crippen molar-refractivity contribution in [2.75, 3.05) is 0 Å². The molecule has 2 atom stereocenters. The Kier molecular flexibility index (Phi) is 6.33. The monoisotopic (exact) mass is 464 g/mol. The van der Waals surface area contributed by atoms with E-state index in [1.807, 2.05) is 30.3 Å². The van der Waals surface area contributed by atoms with Crippen molar-refractivity contribution in [3.8, 4) is 34.5 Å². The average molecular weight is 465 g/mol. The minimum atomic E-state index is -0.210. The van der Waals surface area contributed by atoms with E-state index >= 15 is 0 Å². The molecule has 8 nitrogen and oxygen atoms in total. The van der Waals surface area contributed by atoms with E-state index in [0.717, 1.165) is 36.0 Å². The quantitative estimate of drug-likeness (QED) is 0.463. The molecule has 5 rings (SSSR count). The highest BCUT2D eigenvalue weighted by atomic mass is 16.5. The molecule has 1 fully saturated rings. The molecule has 2 aromatic carbocycles. The minimum absolute atomic E-state index is 0.0109. The van der Waals surface area contributed by atoms with Crippen molar-refractivity contribution in [1.29, 1.82) is 5.26 Å². The van der Waals surface area contributed by atoms with Crippen molar-refractivity contribution < 1.29 is 4.74 Å². The topological polar surface area (TPSA) is 120 Å². The van der Waals surface area contributed by atoms with Gasteiger partial charge >= 0.3 is 0 Å². The number of aromatic nitrogens is 4. The van der Waals surface area contributed by atoms with Gasteiger partial charge in [0.05, 0.1) is 36.3 Å². The molecule has 2 unspecified atom stereocenters. The highest BCUT2D eigenvalue weighted by Gasteiger charge is 2.25. The molecular formula is C27H24N6O2. The standard InChI is InChI=1S/C27H24N6O2/c28-14-18-4-1-6-20(12-18)24-10-11-26(34)33(32-24)17-19-5-2-7-21(13-19)27-30-15-22(16-31-27)35-25-9-3-8-23(25)29/h1-2,4-7,10-13,15-16,23,25H,3,8-9,17,29H2. The van der Waals surface area contributed by atoms with Crippen LogP contribution in [-0.2, 0) is 6.54 Å². The van der Waals surface area contributed by atoms with Crippen LogP contribution >= 0.6 is 0 Å². The lowest BCUT2D eigenvalue weighted by molar-refractivity contribution is 0.190. The molecule has 1 saturated carbocycles. The maximum Gasteiger partial charge on any atom is 0.267 e. The lowest BCUT2D eigenvalue weighted by Crippen LogP contribution is -2.33. The lowest BCUT2D eigenvalue weighted by atomic mass is 10.1. The number of benzene rings is 2. The fourth-order valence-corrected chi connectivity index (χ4v) is 4.25. The van der Waals surface area contributed by atoms with E-state index in [9.17, 15) is 4.79 Å². The molecule has 0 aliphatic heterocycles. The Morgan fingerprint density at radius 2 is 1.83 bits per heavy atom. The molecule has 2 N–H and O–H groups in total. The summed E-state index contributed by atoms with van der Waals surface area (Å²) in [5.74, 6) is 1.18. The third kappa shape index (κ3) is 5.10. The predicted molar refractivity (Wildman–Crippen MR) is 131 cm³/mol. The van der Waals surface area contributed by atoms with Crippen LogP contribution in [0.5, 0.6) is 5.75 Å². The van der Waals surface area contributed by atoms with Crippen LogP contribution < -0.4 is 16.0 Å². The molecule has 1 aliphatic carbocycles. The first kappa shape index (κ1) is 22.4. The second kappa shape index (κ2) is 9.87. The van der Waals surface area contributed by atoms with E-state index in [1.54, 1.807) is 36.7 Å². The number of nitrogens with two attached hydrogens (primary N) is 1. The third-order valence-electron chi connectivity index (χ3n) is 6.09. The fourth-order valence-electron chi connectivity index (χ4n) is 4.25. The summed E-state index contributed by atoms with van der Waals surface area (Å²) in [4.78, 5) is 21.4. The van der Waals surface area contributed by atoms with E-state index in [-0.39, 0.29) is 17.7 Å². The van der Waals surface area contributed by atoms with Crippen LogP contribution in [0.4, 0.5) is 0 Å². The smallest absolute Gasteiger partial charge is 0.267 e. The highest BCUT2D eigenvalue weighted by molar-refractivity contribution is 5.60. The summed E-state index contributed by atoms with van der Waals surface area (Å²) < 4.78 is 7.36. The molecule has 1 aliphatic rings. The first-order valence-corrected chi connectivity index (χ1v) is 11.5. The molecule has 0 radical (unpaired) electrons. The van der Waals surface area contributed by atoms with Gasteiger partial charge in [-0.1, -0.05) is 30.3 Å². The van der Waals surface area contributed by atoms with Crippen LogP contribution in [0.1, 0.15) is 30.4 Å². The summed E-state index contributed by atoms with van der Waals surface area (Å²) in [5.41, 5.74) is 9.54. The van der Waals surface area contributed by atoms with Gasteiger partial charge in [-0.3, -0.25) is 4.79 Å². The largest absolute Gasteiger partial charge is 0.486 e. The van der Waals surface area contributed by atoms with Gasteiger partial charge in [0.1, 0.15) is 6.10 Å². The van der Waals surface area contributed by atoms with E-state index < -0.39 is 0 Å². The second-order valence-electron chi connectivity index (χ2n) is 8.60. The number of nitrogens with zero attached hydrogens (tertiary/aromatic N) is 5. The number of hydrogen-bond donors (Lipinski definition) is 1. The van der Waals surface area contributed by atoms with Crippen LogP contribution in [0.25, 0.3) is 22.6 Å². The van der Waals surface area contributed by atoms with Gasteiger partial charge in [-0.2, -0.15) is 10.4 Å². The third-order valence-corrected chi connectivity index (χ3v) is 6.09. The Labute approximate surface area is 202 Å². The van der Waals surface area contributed by atoms with Gasteiger partial charge in [-0.05, 0) is 49.1 Å². The Morgan fingerprint density at radius 3 is 2.60 bits per heavy atom. The highest BCUT2D eigenvalue weighted by Crippen LogP contribution is 2.24. The number of hydrogen-bond acceptors (Lipinski definition) is 7. The molecule has 174 valence electrons. The first-order valence-electron chi connectivity index (χ1n) is 11.5. The zero-order chi connectivity index (χ0) is 24.2. The molecular weight excluding hydrogens is 440 g/mol. The molecule has 8 heteroatoms. The number of rotatable bonds is 6. The molecule has 0 saturated heterocycles. The first-order chi connectivity index (χ1) is 17.1. The maximum absolute atomic E-state index is 12.5. The van der Waals surface area contributed by atoms with Gasteiger partial charge in [0, 0.05) is 23.2 Å². The van der Waals surface area contributed by atoms with Crippen LogP contribution in [0, 0.1) is 11.3 Å².